The lowest BCUT2D eigenvalue weighted by atomic mass is 9.96. The molecule has 3 N–H and O–H groups in total. The van der Waals surface area contributed by atoms with Crippen LogP contribution in [0.3, 0.4) is 0 Å². The smallest absolute Gasteiger partial charge is 0.306 e. The Morgan fingerprint density at radius 2 is 1.76 bits per heavy atom. The number of hydrogen-bond acceptors (Lipinski definition) is 8. The van der Waals surface area contributed by atoms with Gasteiger partial charge >= 0.3 is 5.97 Å². The van der Waals surface area contributed by atoms with Crippen molar-refractivity contribution in [2.24, 2.45) is 0 Å². The molecule has 4 aromatic carbocycles. The molecule has 238 valence electrons. The number of aliphatic carboxylic acids is 1. The molecule has 0 radical (unpaired) electrons. The Morgan fingerprint density at radius 3 is 2.54 bits per heavy atom. The molecule has 0 aromatic heterocycles. The maximum Gasteiger partial charge on any atom is 0.306 e. The van der Waals surface area contributed by atoms with Crippen LogP contribution in [0, 0.1) is 31.0 Å². The number of nitriles is 1. The van der Waals surface area contributed by atoms with Crippen LogP contribution in [-0.2, 0) is 24.6 Å². The van der Waals surface area contributed by atoms with E-state index in [1.807, 2.05) is 49.4 Å². The van der Waals surface area contributed by atoms with Crippen molar-refractivity contribution in [1.29, 1.82) is 5.26 Å². The molecule has 1 atom stereocenters. The SMILES string of the molecule is Cc1cc(CNCC(O)CC(=O)O)c(OCc2ccc(F)c(C#N)c2)cc1OCc1cccc(-c2ccc3c(c2)OCCO3)c1C. The molecule has 0 saturated carbocycles. The van der Waals surface area contributed by atoms with Gasteiger partial charge in [-0.3, -0.25) is 4.79 Å². The number of fused-ring (bicyclic) bond motifs is 1. The molecule has 0 fully saturated rings. The van der Waals surface area contributed by atoms with Crippen LogP contribution >= 0.6 is 0 Å². The molecule has 46 heavy (non-hydrogen) atoms. The number of carboxylic acids is 1. The highest BCUT2D eigenvalue weighted by molar-refractivity contribution is 5.71. The molecule has 0 aliphatic carbocycles. The lowest BCUT2D eigenvalue weighted by Gasteiger charge is -2.20. The van der Waals surface area contributed by atoms with Gasteiger partial charge in [-0.15, -0.1) is 0 Å². The van der Waals surface area contributed by atoms with Crippen molar-refractivity contribution in [1.82, 2.24) is 5.32 Å². The number of aliphatic hydroxyl groups is 1. The maximum atomic E-state index is 13.9. The Kier molecular flexibility index (Phi) is 10.4. The summed E-state index contributed by atoms with van der Waals surface area (Å²) in [5.41, 5.74) is 6.29. The molecule has 9 nitrogen and oxygen atoms in total. The van der Waals surface area contributed by atoms with Crippen molar-refractivity contribution in [3.8, 4) is 40.2 Å². The molecule has 0 spiro atoms. The first-order chi connectivity index (χ1) is 22.2. The third kappa shape index (κ3) is 7.93. The van der Waals surface area contributed by atoms with E-state index in [0.717, 1.165) is 44.9 Å². The second-order valence-corrected chi connectivity index (χ2v) is 11.1. The largest absolute Gasteiger partial charge is 0.488 e. The highest BCUT2D eigenvalue weighted by Gasteiger charge is 2.16. The van der Waals surface area contributed by atoms with Gasteiger partial charge in [0.25, 0.3) is 0 Å². The van der Waals surface area contributed by atoms with Crippen molar-refractivity contribution >= 4 is 5.97 Å². The van der Waals surface area contributed by atoms with E-state index in [0.29, 0.717) is 36.9 Å². The molecule has 1 aliphatic rings. The Labute approximate surface area is 266 Å². The van der Waals surface area contributed by atoms with Crippen molar-refractivity contribution in [2.75, 3.05) is 19.8 Å². The van der Waals surface area contributed by atoms with E-state index in [2.05, 4.69) is 18.3 Å². The predicted octanol–water partition coefficient (Wildman–Crippen LogP) is 5.84. The topological polar surface area (TPSA) is 130 Å². The second kappa shape index (κ2) is 14.8. The number of rotatable bonds is 13. The zero-order valence-electron chi connectivity index (χ0n) is 25.6. The number of ether oxygens (including phenoxy) is 4. The molecular weight excluding hydrogens is 591 g/mol. The summed E-state index contributed by atoms with van der Waals surface area (Å²) in [6, 6.07) is 21.8. The number of halogens is 1. The first-order valence-corrected chi connectivity index (χ1v) is 14.9. The Hall–Kier alpha value is -5.11. The van der Waals surface area contributed by atoms with E-state index in [9.17, 15) is 19.6 Å². The van der Waals surface area contributed by atoms with E-state index in [4.69, 9.17) is 24.1 Å². The zero-order valence-corrected chi connectivity index (χ0v) is 25.6. The van der Waals surface area contributed by atoms with Gasteiger partial charge in [-0.05, 0) is 77.6 Å². The Bertz CT molecular complexity index is 1770. The van der Waals surface area contributed by atoms with Crippen molar-refractivity contribution in [3.63, 3.8) is 0 Å². The standard InChI is InChI=1S/C36H35FN2O7/c1-22-12-28(18-39-19-29(40)15-36(41)42)34(45-20-24-6-8-31(37)27(13-24)17-38)16-33(22)46-21-26-4-3-5-30(23(26)2)25-7-9-32-35(14-25)44-11-10-43-32/h3-9,12-14,16,29,39-40H,10-11,15,18-21H2,1-2H3,(H,41,42). The predicted molar refractivity (Wildman–Crippen MR) is 169 cm³/mol. The summed E-state index contributed by atoms with van der Waals surface area (Å²) in [4.78, 5) is 10.9. The summed E-state index contributed by atoms with van der Waals surface area (Å²) in [5, 5.41) is 31.2. The number of aliphatic hydroxyl groups excluding tert-OH is 1. The Morgan fingerprint density at radius 1 is 0.978 bits per heavy atom. The van der Waals surface area contributed by atoms with Gasteiger partial charge in [-0.25, -0.2) is 4.39 Å². The van der Waals surface area contributed by atoms with Crippen LogP contribution in [0.25, 0.3) is 11.1 Å². The van der Waals surface area contributed by atoms with Gasteiger partial charge in [-0.2, -0.15) is 5.26 Å². The van der Waals surface area contributed by atoms with Gasteiger partial charge in [0.1, 0.15) is 49.8 Å². The third-order valence-electron chi connectivity index (χ3n) is 7.69. The average molecular weight is 627 g/mol. The molecule has 1 heterocycles. The summed E-state index contributed by atoms with van der Waals surface area (Å²) in [7, 11) is 0. The quantitative estimate of drug-likeness (QED) is 0.168. The highest BCUT2D eigenvalue weighted by atomic mass is 19.1. The minimum atomic E-state index is -1.08. The van der Waals surface area contributed by atoms with E-state index in [-0.39, 0.29) is 31.7 Å². The molecule has 0 amide bonds. The lowest BCUT2D eigenvalue weighted by molar-refractivity contribution is -0.139. The van der Waals surface area contributed by atoms with E-state index >= 15 is 0 Å². The summed E-state index contributed by atoms with van der Waals surface area (Å²) in [6.45, 7) is 5.75. The fraction of sp³-hybridized carbons (Fsp3) is 0.278. The molecule has 1 aliphatic heterocycles. The van der Waals surface area contributed by atoms with Crippen molar-refractivity contribution in [2.45, 2.75) is 46.1 Å². The number of hydrogen-bond donors (Lipinski definition) is 3. The molecule has 0 saturated heterocycles. The fourth-order valence-electron chi connectivity index (χ4n) is 5.23. The Balaban J connectivity index is 1.35. The number of nitrogens with one attached hydrogen (secondary N) is 1. The first kappa shape index (κ1) is 32.3. The maximum absolute atomic E-state index is 13.9. The van der Waals surface area contributed by atoms with Gasteiger partial charge in [0.2, 0.25) is 0 Å². The van der Waals surface area contributed by atoms with Crippen LogP contribution in [-0.4, -0.2) is 42.0 Å². The normalized spacial score (nSPS) is 12.7. The zero-order chi connectivity index (χ0) is 32.6. The number of aryl methyl sites for hydroxylation is 1. The second-order valence-electron chi connectivity index (χ2n) is 11.1. The van der Waals surface area contributed by atoms with E-state index < -0.39 is 17.9 Å². The van der Waals surface area contributed by atoms with Gasteiger partial charge in [0.15, 0.2) is 11.5 Å². The van der Waals surface area contributed by atoms with Crippen LogP contribution in [0.15, 0.2) is 66.7 Å². The molecule has 1 unspecified atom stereocenters. The molecule has 4 aromatic rings. The minimum absolute atomic E-state index is 0.0721. The van der Waals surface area contributed by atoms with E-state index in [1.165, 1.54) is 12.1 Å². The average Bonchev–Trinajstić information content (AvgIpc) is 3.04. The van der Waals surface area contributed by atoms with Gasteiger partial charge in [-0.1, -0.05) is 30.3 Å². The van der Waals surface area contributed by atoms with Gasteiger partial charge < -0.3 is 34.5 Å². The molecule has 0 bridgehead atoms. The molecule has 5 rings (SSSR count). The lowest BCUT2D eigenvalue weighted by Crippen LogP contribution is -2.28. The monoisotopic (exact) mass is 626 g/mol. The van der Waals surface area contributed by atoms with Gasteiger partial charge in [0, 0.05) is 24.7 Å². The number of carboxylic acid groups (broad SMARTS) is 1. The van der Waals surface area contributed by atoms with Crippen molar-refractivity contribution in [3.05, 3.63) is 106 Å². The third-order valence-corrected chi connectivity index (χ3v) is 7.69. The van der Waals surface area contributed by atoms with Crippen LogP contribution in [0.5, 0.6) is 23.0 Å². The highest BCUT2D eigenvalue weighted by Crippen LogP contribution is 2.37. The number of carbonyl (C=O) groups is 1. The summed E-state index contributed by atoms with van der Waals surface area (Å²) in [6.07, 6.45) is -1.42. The summed E-state index contributed by atoms with van der Waals surface area (Å²) >= 11 is 0. The fourth-order valence-corrected chi connectivity index (χ4v) is 5.23. The first-order valence-electron chi connectivity index (χ1n) is 14.9. The van der Waals surface area contributed by atoms with Gasteiger partial charge in [0.05, 0.1) is 18.1 Å². The van der Waals surface area contributed by atoms with Crippen LogP contribution in [0.2, 0.25) is 0 Å². The summed E-state index contributed by atoms with van der Waals surface area (Å²) < 4.78 is 37.8. The van der Waals surface area contributed by atoms with Crippen LogP contribution in [0.4, 0.5) is 4.39 Å². The molecular formula is C36H35FN2O7. The van der Waals surface area contributed by atoms with Crippen molar-refractivity contribution < 1.29 is 38.3 Å². The minimum Gasteiger partial charge on any atom is -0.488 e. The molecule has 10 heteroatoms. The number of nitrogens with zero attached hydrogens (tertiary/aromatic N) is 1. The van der Waals surface area contributed by atoms with Crippen LogP contribution in [0.1, 0.15) is 39.8 Å². The number of benzene rings is 4. The van der Waals surface area contributed by atoms with E-state index in [1.54, 1.807) is 12.1 Å². The summed E-state index contributed by atoms with van der Waals surface area (Å²) in [5.74, 6) is 0.870. The van der Waals surface area contributed by atoms with Crippen LogP contribution < -0.4 is 24.3 Å².